The first-order chi connectivity index (χ1) is 10.3. The highest BCUT2D eigenvalue weighted by atomic mass is 16.5. The smallest absolute Gasteiger partial charge is 0.338 e. The quantitative estimate of drug-likeness (QED) is 0.389. The summed E-state index contributed by atoms with van der Waals surface area (Å²) in [6.07, 6.45) is 0. The molecule has 0 atom stereocenters. The first-order valence-corrected chi connectivity index (χ1v) is 7.13. The van der Waals surface area contributed by atoms with Crippen molar-refractivity contribution in [1.82, 2.24) is 0 Å². The maximum atomic E-state index is 12.3. The molecule has 0 spiro atoms. The third-order valence-electron chi connectivity index (χ3n) is 4.00. The molecular weight excluding hydrogens is 260 g/mol. The van der Waals surface area contributed by atoms with Crippen molar-refractivity contribution in [2.24, 2.45) is 0 Å². The van der Waals surface area contributed by atoms with Crippen LogP contribution in [0.4, 0.5) is 0 Å². The lowest BCUT2D eigenvalue weighted by molar-refractivity contribution is 0.0529. The SMILES string of the molecule is CCOC(=O)c1cc2cccc3ccc4cccc1c4c32. The lowest BCUT2D eigenvalue weighted by Gasteiger charge is -2.13. The largest absolute Gasteiger partial charge is 0.462 e. The Hall–Kier alpha value is -2.61. The van der Waals surface area contributed by atoms with Crippen LogP contribution in [0.2, 0.25) is 0 Å². The van der Waals surface area contributed by atoms with Crippen molar-refractivity contribution in [1.29, 1.82) is 0 Å². The van der Waals surface area contributed by atoms with E-state index in [2.05, 4.69) is 30.3 Å². The van der Waals surface area contributed by atoms with Gasteiger partial charge in [-0.2, -0.15) is 0 Å². The lowest BCUT2D eigenvalue weighted by Crippen LogP contribution is -2.05. The van der Waals surface area contributed by atoms with Crippen LogP contribution in [0.15, 0.2) is 54.6 Å². The van der Waals surface area contributed by atoms with E-state index in [-0.39, 0.29) is 5.97 Å². The van der Waals surface area contributed by atoms with Crippen LogP contribution in [0.3, 0.4) is 0 Å². The zero-order valence-electron chi connectivity index (χ0n) is 11.7. The minimum atomic E-state index is -0.253. The van der Waals surface area contributed by atoms with Crippen molar-refractivity contribution >= 4 is 38.3 Å². The van der Waals surface area contributed by atoms with Gasteiger partial charge in [-0.1, -0.05) is 48.5 Å². The average molecular weight is 274 g/mol. The molecule has 4 aromatic rings. The van der Waals surface area contributed by atoms with Gasteiger partial charge in [0, 0.05) is 0 Å². The Morgan fingerprint density at radius 3 is 2.33 bits per heavy atom. The number of hydrogen-bond donors (Lipinski definition) is 0. The number of benzene rings is 4. The first-order valence-electron chi connectivity index (χ1n) is 7.13. The van der Waals surface area contributed by atoms with E-state index < -0.39 is 0 Å². The first kappa shape index (κ1) is 12.2. The van der Waals surface area contributed by atoms with E-state index >= 15 is 0 Å². The van der Waals surface area contributed by atoms with Crippen molar-refractivity contribution in [2.45, 2.75) is 6.92 Å². The topological polar surface area (TPSA) is 26.3 Å². The zero-order chi connectivity index (χ0) is 14.4. The molecule has 0 unspecified atom stereocenters. The molecular formula is C19H14O2. The van der Waals surface area contributed by atoms with Gasteiger partial charge >= 0.3 is 5.97 Å². The van der Waals surface area contributed by atoms with E-state index in [4.69, 9.17) is 4.74 Å². The molecule has 2 heteroatoms. The summed E-state index contributed by atoms with van der Waals surface area (Å²) in [5.74, 6) is -0.253. The Bertz CT molecular complexity index is 969. The lowest BCUT2D eigenvalue weighted by atomic mass is 9.91. The zero-order valence-corrected chi connectivity index (χ0v) is 11.7. The number of carbonyl (C=O) groups excluding carboxylic acids is 1. The van der Waals surface area contributed by atoms with Gasteiger partial charge in [-0.15, -0.1) is 0 Å². The Kier molecular flexibility index (Phi) is 2.58. The van der Waals surface area contributed by atoms with E-state index in [1.807, 2.05) is 31.2 Å². The molecule has 0 bridgehead atoms. The Balaban J connectivity index is 2.22. The molecule has 0 radical (unpaired) electrons. The number of esters is 1. The maximum Gasteiger partial charge on any atom is 0.338 e. The van der Waals surface area contributed by atoms with Crippen LogP contribution in [0.5, 0.6) is 0 Å². The van der Waals surface area contributed by atoms with Crippen LogP contribution in [-0.4, -0.2) is 12.6 Å². The number of rotatable bonds is 2. The summed E-state index contributed by atoms with van der Waals surface area (Å²) in [4.78, 5) is 12.3. The minimum Gasteiger partial charge on any atom is -0.462 e. The van der Waals surface area contributed by atoms with Crippen molar-refractivity contribution < 1.29 is 9.53 Å². The molecule has 0 amide bonds. The highest BCUT2D eigenvalue weighted by Gasteiger charge is 2.16. The predicted octanol–water partition coefficient (Wildman–Crippen LogP) is 4.76. The van der Waals surface area contributed by atoms with Gasteiger partial charge in [0.2, 0.25) is 0 Å². The normalized spacial score (nSPS) is 11.5. The number of carbonyl (C=O) groups is 1. The van der Waals surface area contributed by atoms with Crippen LogP contribution >= 0.6 is 0 Å². The average Bonchev–Trinajstić information content (AvgIpc) is 2.52. The van der Waals surface area contributed by atoms with Crippen LogP contribution < -0.4 is 0 Å². The summed E-state index contributed by atoms with van der Waals surface area (Å²) >= 11 is 0. The van der Waals surface area contributed by atoms with E-state index in [0.717, 1.165) is 21.5 Å². The molecule has 0 saturated heterocycles. The third kappa shape index (κ3) is 1.69. The Labute approximate surface area is 122 Å². The summed E-state index contributed by atoms with van der Waals surface area (Å²) in [6, 6.07) is 18.5. The van der Waals surface area contributed by atoms with Gasteiger partial charge in [0.25, 0.3) is 0 Å². The standard InChI is InChI=1S/C19H14O2/c1-2-21-19(20)16-11-14-7-3-5-12-9-10-13-6-4-8-15(16)18(13)17(12)14/h3-11H,2H2,1H3. The molecule has 102 valence electrons. The van der Waals surface area contributed by atoms with Crippen LogP contribution in [0.25, 0.3) is 32.3 Å². The maximum absolute atomic E-state index is 12.3. The summed E-state index contributed by atoms with van der Waals surface area (Å²) in [6.45, 7) is 2.22. The number of hydrogen-bond acceptors (Lipinski definition) is 2. The molecule has 0 aliphatic rings. The molecule has 21 heavy (non-hydrogen) atoms. The molecule has 4 rings (SSSR count). The molecule has 0 fully saturated rings. The van der Waals surface area contributed by atoms with E-state index in [1.54, 1.807) is 0 Å². The fraction of sp³-hybridized carbons (Fsp3) is 0.105. The second-order valence-electron chi connectivity index (χ2n) is 5.19. The van der Waals surface area contributed by atoms with Gasteiger partial charge in [0.05, 0.1) is 12.2 Å². The molecule has 2 nitrogen and oxygen atoms in total. The monoisotopic (exact) mass is 274 g/mol. The van der Waals surface area contributed by atoms with Crippen molar-refractivity contribution in [3.05, 3.63) is 60.2 Å². The molecule has 0 aliphatic carbocycles. The second-order valence-corrected chi connectivity index (χ2v) is 5.19. The van der Waals surface area contributed by atoms with Gasteiger partial charge in [-0.3, -0.25) is 0 Å². The summed E-state index contributed by atoms with van der Waals surface area (Å²) < 4.78 is 5.22. The molecule has 0 aromatic heterocycles. The van der Waals surface area contributed by atoms with Gasteiger partial charge in [-0.05, 0) is 45.3 Å². The fourth-order valence-corrected chi connectivity index (χ4v) is 3.14. The number of ether oxygens (including phenoxy) is 1. The van der Waals surface area contributed by atoms with Crippen LogP contribution in [0, 0.1) is 0 Å². The molecule has 4 aromatic carbocycles. The minimum absolute atomic E-state index is 0.253. The van der Waals surface area contributed by atoms with E-state index in [9.17, 15) is 4.79 Å². The molecule has 0 N–H and O–H groups in total. The van der Waals surface area contributed by atoms with Gasteiger partial charge in [0.15, 0.2) is 0 Å². The third-order valence-corrected chi connectivity index (χ3v) is 4.00. The summed E-state index contributed by atoms with van der Waals surface area (Å²) in [5.41, 5.74) is 0.647. The summed E-state index contributed by atoms with van der Waals surface area (Å²) in [7, 11) is 0. The summed E-state index contributed by atoms with van der Waals surface area (Å²) in [5, 5.41) is 6.78. The van der Waals surface area contributed by atoms with E-state index in [1.165, 1.54) is 10.8 Å². The highest BCUT2D eigenvalue weighted by molar-refractivity contribution is 6.26. The second kappa shape index (κ2) is 4.45. The fourth-order valence-electron chi connectivity index (χ4n) is 3.14. The molecule has 0 saturated carbocycles. The van der Waals surface area contributed by atoms with Gasteiger partial charge in [0.1, 0.15) is 0 Å². The molecule has 0 aliphatic heterocycles. The van der Waals surface area contributed by atoms with Crippen molar-refractivity contribution in [3.63, 3.8) is 0 Å². The van der Waals surface area contributed by atoms with Crippen molar-refractivity contribution in [2.75, 3.05) is 6.61 Å². The Morgan fingerprint density at radius 1 is 0.905 bits per heavy atom. The van der Waals surface area contributed by atoms with Crippen LogP contribution in [-0.2, 0) is 4.74 Å². The van der Waals surface area contributed by atoms with Gasteiger partial charge < -0.3 is 4.74 Å². The molecule has 0 heterocycles. The van der Waals surface area contributed by atoms with Crippen LogP contribution in [0.1, 0.15) is 17.3 Å². The highest BCUT2D eigenvalue weighted by Crippen LogP contribution is 2.36. The van der Waals surface area contributed by atoms with E-state index in [0.29, 0.717) is 12.2 Å². The predicted molar refractivity (Wildman–Crippen MR) is 86.1 cm³/mol. The Morgan fingerprint density at radius 2 is 1.57 bits per heavy atom. The van der Waals surface area contributed by atoms with Gasteiger partial charge in [-0.25, -0.2) is 4.79 Å². The van der Waals surface area contributed by atoms with Crippen molar-refractivity contribution in [3.8, 4) is 0 Å².